The van der Waals surface area contributed by atoms with Crippen LogP contribution in [0, 0.1) is 5.41 Å². The number of nitrogens with zero attached hydrogens (tertiary/aromatic N) is 1. The summed E-state index contributed by atoms with van der Waals surface area (Å²) in [5, 5.41) is 14.8. The molecule has 0 saturated carbocycles. The smallest absolute Gasteiger partial charge is 0.272 e. The first-order chi connectivity index (χ1) is 13.9. The van der Waals surface area contributed by atoms with E-state index in [-0.39, 0.29) is 11.9 Å². The number of hydrogen-bond donors (Lipinski definition) is 5. The Bertz CT molecular complexity index is 1040. The predicted octanol–water partition coefficient (Wildman–Crippen LogP) is 2.64. The van der Waals surface area contributed by atoms with E-state index in [4.69, 9.17) is 20.6 Å². The van der Waals surface area contributed by atoms with Crippen molar-refractivity contribution in [2.24, 2.45) is 10.8 Å². The van der Waals surface area contributed by atoms with Crippen LogP contribution in [0.25, 0.3) is 10.9 Å². The standard InChI is InChI=1S/C20H22N6O3/c1-11(25-26-20(21)22)12-4-6-14(7-5-12)23-19(27)16-8-13-9-17(28-2)18(29-3)10-15(13)24-16/h4-10,24H,1-3H3,(H,23,27)(H4,21,22,26)/b25-11+. The first-order valence-electron chi connectivity index (χ1n) is 8.72. The fourth-order valence-corrected chi connectivity index (χ4v) is 2.78. The number of amides is 1. The lowest BCUT2D eigenvalue weighted by Gasteiger charge is -2.06. The van der Waals surface area contributed by atoms with E-state index >= 15 is 0 Å². The highest BCUT2D eigenvalue weighted by Crippen LogP contribution is 2.32. The summed E-state index contributed by atoms with van der Waals surface area (Å²) in [6, 6.07) is 12.5. The Morgan fingerprint density at radius 3 is 2.38 bits per heavy atom. The molecule has 3 aromatic rings. The lowest BCUT2D eigenvalue weighted by Crippen LogP contribution is -2.26. The monoisotopic (exact) mass is 394 g/mol. The number of guanidine groups is 1. The molecule has 9 nitrogen and oxygen atoms in total. The van der Waals surface area contributed by atoms with Gasteiger partial charge in [0.25, 0.3) is 5.91 Å². The van der Waals surface area contributed by atoms with E-state index in [2.05, 4.69) is 20.8 Å². The highest BCUT2D eigenvalue weighted by Gasteiger charge is 2.13. The van der Waals surface area contributed by atoms with Crippen molar-refractivity contribution in [3.8, 4) is 11.5 Å². The van der Waals surface area contributed by atoms with E-state index in [0.29, 0.717) is 28.6 Å². The zero-order valence-corrected chi connectivity index (χ0v) is 16.3. The van der Waals surface area contributed by atoms with E-state index in [1.165, 1.54) is 0 Å². The molecular weight excluding hydrogens is 372 g/mol. The normalized spacial score (nSPS) is 11.2. The van der Waals surface area contributed by atoms with Gasteiger partial charge in [0.05, 0.1) is 19.9 Å². The van der Waals surface area contributed by atoms with Crippen LogP contribution in [0.3, 0.4) is 0 Å². The summed E-state index contributed by atoms with van der Waals surface area (Å²) in [6.07, 6.45) is 0. The molecule has 1 heterocycles. The van der Waals surface area contributed by atoms with E-state index in [1.54, 1.807) is 45.4 Å². The number of carbonyl (C=O) groups excluding carboxylic acids is 1. The Balaban J connectivity index is 1.76. The number of methoxy groups -OCH3 is 2. The number of fused-ring (bicyclic) bond motifs is 1. The number of rotatable bonds is 6. The van der Waals surface area contributed by atoms with Crippen molar-refractivity contribution >= 4 is 34.2 Å². The molecule has 0 bridgehead atoms. The van der Waals surface area contributed by atoms with Gasteiger partial charge in [-0.3, -0.25) is 10.2 Å². The second kappa shape index (κ2) is 8.34. The van der Waals surface area contributed by atoms with Crippen molar-refractivity contribution in [2.45, 2.75) is 6.92 Å². The number of ether oxygens (including phenoxy) is 2. The van der Waals surface area contributed by atoms with Crippen LogP contribution in [0.5, 0.6) is 11.5 Å². The van der Waals surface area contributed by atoms with Gasteiger partial charge in [-0.25, -0.2) is 5.43 Å². The Labute approximate surface area is 167 Å². The second-order valence-electron chi connectivity index (χ2n) is 6.23. The number of nitrogens with two attached hydrogens (primary N) is 1. The molecular formula is C20H22N6O3. The van der Waals surface area contributed by atoms with Gasteiger partial charge in [0, 0.05) is 22.7 Å². The summed E-state index contributed by atoms with van der Waals surface area (Å²) < 4.78 is 10.6. The number of benzene rings is 2. The molecule has 0 aliphatic heterocycles. The van der Waals surface area contributed by atoms with Crippen LogP contribution < -0.4 is 25.9 Å². The summed E-state index contributed by atoms with van der Waals surface area (Å²) in [4.78, 5) is 15.7. The minimum Gasteiger partial charge on any atom is -0.493 e. The first-order valence-corrected chi connectivity index (χ1v) is 8.72. The number of anilines is 1. The molecule has 3 rings (SSSR count). The predicted molar refractivity (Wildman–Crippen MR) is 113 cm³/mol. The van der Waals surface area contributed by atoms with Gasteiger partial charge in [0.15, 0.2) is 11.5 Å². The maximum atomic E-state index is 12.6. The molecule has 0 unspecified atom stereocenters. The minimum atomic E-state index is -0.268. The summed E-state index contributed by atoms with van der Waals surface area (Å²) >= 11 is 0. The topological polar surface area (TPSA) is 138 Å². The maximum Gasteiger partial charge on any atom is 0.272 e. The van der Waals surface area contributed by atoms with Crippen molar-refractivity contribution in [3.05, 3.63) is 53.7 Å². The Morgan fingerprint density at radius 1 is 1.10 bits per heavy atom. The van der Waals surface area contributed by atoms with Crippen molar-refractivity contribution in [3.63, 3.8) is 0 Å². The van der Waals surface area contributed by atoms with E-state index in [1.807, 2.05) is 18.2 Å². The van der Waals surface area contributed by atoms with E-state index in [9.17, 15) is 4.79 Å². The lowest BCUT2D eigenvalue weighted by molar-refractivity contribution is 0.102. The maximum absolute atomic E-state index is 12.6. The molecule has 0 aliphatic rings. The largest absolute Gasteiger partial charge is 0.493 e. The first kappa shape index (κ1) is 19.7. The third-order valence-electron chi connectivity index (χ3n) is 4.27. The summed E-state index contributed by atoms with van der Waals surface area (Å²) in [5.74, 6) is 0.677. The number of aromatic nitrogens is 1. The van der Waals surface area contributed by atoms with Crippen LogP contribution >= 0.6 is 0 Å². The van der Waals surface area contributed by atoms with Crippen LogP contribution in [-0.4, -0.2) is 36.8 Å². The average molecular weight is 394 g/mol. The molecule has 9 heteroatoms. The minimum absolute atomic E-state index is 0.234. The van der Waals surface area contributed by atoms with Crippen molar-refractivity contribution in [1.82, 2.24) is 10.4 Å². The second-order valence-corrected chi connectivity index (χ2v) is 6.23. The molecule has 2 aromatic carbocycles. The van der Waals surface area contributed by atoms with Gasteiger partial charge in [-0.15, -0.1) is 0 Å². The molecule has 29 heavy (non-hydrogen) atoms. The number of hydrogen-bond acceptors (Lipinski definition) is 5. The number of nitrogens with one attached hydrogen (secondary N) is 4. The molecule has 0 saturated heterocycles. The number of hydrazone groups is 1. The van der Waals surface area contributed by atoms with Crippen LogP contribution in [0.4, 0.5) is 5.69 Å². The van der Waals surface area contributed by atoms with Gasteiger partial charge in [0.1, 0.15) is 5.69 Å². The third kappa shape index (κ3) is 4.46. The van der Waals surface area contributed by atoms with Gasteiger partial charge in [-0.1, -0.05) is 12.1 Å². The van der Waals surface area contributed by atoms with Gasteiger partial charge in [0.2, 0.25) is 5.96 Å². The Kier molecular flexibility index (Phi) is 5.68. The van der Waals surface area contributed by atoms with Crippen LogP contribution in [-0.2, 0) is 0 Å². The highest BCUT2D eigenvalue weighted by atomic mass is 16.5. The lowest BCUT2D eigenvalue weighted by atomic mass is 10.1. The average Bonchev–Trinajstić information content (AvgIpc) is 3.14. The van der Waals surface area contributed by atoms with Crippen molar-refractivity contribution in [2.75, 3.05) is 19.5 Å². The number of carbonyl (C=O) groups is 1. The number of aromatic amines is 1. The van der Waals surface area contributed by atoms with Crippen LogP contribution in [0.1, 0.15) is 23.0 Å². The zero-order valence-electron chi connectivity index (χ0n) is 16.3. The highest BCUT2D eigenvalue weighted by molar-refractivity contribution is 6.06. The summed E-state index contributed by atoms with van der Waals surface area (Å²) in [7, 11) is 3.13. The molecule has 0 spiro atoms. The SMILES string of the molecule is COc1cc2cc(C(=O)Nc3ccc(/C(C)=N/NC(=N)N)cc3)[nH]c2cc1OC. The van der Waals surface area contributed by atoms with Gasteiger partial charge in [-0.2, -0.15) is 5.10 Å². The Hall–Kier alpha value is -4.01. The molecule has 1 aromatic heterocycles. The molecule has 0 fully saturated rings. The molecule has 0 radical (unpaired) electrons. The summed E-state index contributed by atoms with van der Waals surface area (Å²) in [6.45, 7) is 1.79. The van der Waals surface area contributed by atoms with Crippen molar-refractivity contribution < 1.29 is 14.3 Å². The van der Waals surface area contributed by atoms with Gasteiger partial charge >= 0.3 is 0 Å². The van der Waals surface area contributed by atoms with E-state index < -0.39 is 0 Å². The number of H-pyrrole nitrogens is 1. The molecule has 0 aliphatic carbocycles. The zero-order chi connectivity index (χ0) is 21.0. The quantitative estimate of drug-likeness (QED) is 0.249. The van der Waals surface area contributed by atoms with Crippen LogP contribution in [0.15, 0.2) is 47.6 Å². The fraction of sp³-hybridized carbons (Fsp3) is 0.150. The van der Waals surface area contributed by atoms with Crippen molar-refractivity contribution in [1.29, 1.82) is 5.41 Å². The molecule has 1 amide bonds. The van der Waals surface area contributed by atoms with Gasteiger partial charge in [-0.05, 0) is 36.8 Å². The fourth-order valence-electron chi connectivity index (χ4n) is 2.78. The van der Waals surface area contributed by atoms with Gasteiger partial charge < -0.3 is 25.5 Å². The Morgan fingerprint density at radius 2 is 1.76 bits per heavy atom. The molecule has 150 valence electrons. The molecule has 6 N–H and O–H groups in total. The van der Waals surface area contributed by atoms with E-state index in [0.717, 1.165) is 16.5 Å². The summed E-state index contributed by atoms with van der Waals surface area (Å²) in [5.41, 5.74) is 10.9. The third-order valence-corrected chi connectivity index (χ3v) is 4.27. The van der Waals surface area contributed by atoms with Crippen LogP contribution in [0.2, 0.25) is 0 Å². The molecule has 0 atom stereocenters.